The summed E-state index contributed by atoms with van der Waals surface area (Å²) in [5.74, 6) is -5.50. The second kappa shape index (κ2) is 8.45. The van der Waals surface area contributed by atoms with Gasteiger partial charge in [0.2, 0.25) is 11.8 Å². The number of hydrogen-bond acceptors (Lipinski definition) is 4. The van der Waals surface area contributed by atoms with Gasteiger partial charge in [0.15, 0.2) is 11.7 Å². The van der Waals surface area contributed by atoms with Crippen molar-refractivity contribution in [3.8, 4) is 0 Å². The number of nitrogens with one attached hydrogen (secondary N) is 1. The van der Waals surface area contributed by atoms with Gasteiger partial charge in [0.05, 0.1) is 5.56 Å². The van der Waals surface area contributed by atoms with Crippen LogP contribution in [0.3, 0.4) is 0 Å². The highest BCUT2D eigenvalue weighted by Gasteiger charge is 2.41. The second-order valence-corrected chi connectivity index (χ2v) is 7.57. The van der Waals surface area contributed by atoms with Crippen molar-refractivity contribution >= 4 is 23.6 Å². The van der Waals surface area contributed by atoms with Crippen LogP contribution in [0.2, 0.25) is 0 Å². The Labute approximate surface area is 170 Å². The summed E-state index contributed by atoms with van der Waals surface area (Å²) in [5.41, 5.74) is 0.0156. The van der Waals surface area contributed by atoms with Crippen LogP contribution < -0.4 is 5.32 Å². The fraction of sp³-hybridized carbons (Fsp3) is 0.500. The van der Waals surface area contributed by atoms with E-state index in [2.05, 4.69) is 0 Å². The third-order valence-electron chi connectivity index (χ3n) is 5.52. The number of halogens is 3. The molecular weight excluding hydrogens is 405 g/mol. The van der Waals surface area contributed by atoms with Crippen molar-refractivity contribution in [3.63, 3.8) is 0 Å². The van der Waals surface area contributed by atoms with E-state index in [1.165, 1.54) is 17.0 Å². The van der Waals surface area contributed by atoms with E-state index in [1.807, 2.05) is 5.32 Å². The fourth-order valence-corrected chi connectivity index (χ4v) is 3.75. The van der Waals surface area contributed by atoms with Gasteiger partial charge < -0.3 is 15.3 Å². The Morgan fingerprint density at radius 1 is 1.20 bits per heavy atom. The molecule has 30 heavy (non-hydrogen) atoms. The third-order valence-corrected chi connectivity index (χ3v) is 5.52. The number of ketones is 1. The number of piperidine rings is 1. The van der Waals surface area contributed by atoms with Gasteiger partial charge in [0.1, 0.15) is 6.54 Å². The molecule has 0 bridgehead atoms. The number of likely N-dealkylation sites (tertiary alicyclic amines) is 1. The summed E-state index contributed by atoms with van der Waals surface area (Å²) in [6, 6.07) is 3.77. The number of amides is 2. The van der Waals surface area contributed by atoms with E-state index in [-0.39, 0.29) is 31.0 Å². The Bertz CT molecular complexity index is 880. The molecule has 1 saturated heterocycles. The van der Waals surface area contributed by atoms with Gasteiger partial charge in [-0.1, -0.05) is 18.6 Å². The number of carboxylic acid groups (broad SMARTS) is 1. The lowest BCUT2D eigenvalue weighted by Gasteiger charge is -2.32. The first-order chi connectivity index (χ1) is 14.1. The van der Waals surface area contributed by atoms with Crippen molar-refractivity contribution in [2.45, 2.75) is 44.3 Å². The molecule has 1 aliphatic carbocycles. The molecule has 1 atom stereocenters. The molecule has 2 aliphatic rings. The van der Waals surface area contributed by atoms with Crippen molar-refractivity contribution < 1.29 is 37.5 Å². The number of nitrogens with zero attached hydrogens (tertiary/aromatic N) is 1. The minimum absolute atomic E-state index is 0.0350. The summed E-state index contributed by atoms with van der Waals surface area (Å²) in [6.45, 7) is -0.716. The minimum Gasteiger partial charge on any atom is -0.480 e. The molecule has 1 aromatic carbocycles. The summed E-state index contributed by atoms with van der Waals surface area (Å²) >= 11 is 0. The van der Waals surface area contributed by atoms with Crippen LogP contribution in [-0.2, 0) is 31.9 Å². The smallest absolute Gasteiger partial charge is 0.416 e. The molecule has 3 rings (SSSR count). The van der Waals surface area contributed by atoms with Gasteiger partial charge in [-0.25, -0.2) is 0 Å². The van der Waals surface area contributed by atoms with Crippen LogP contribution >= 0.6 is 0 Å². The summed E-state index contributed by atoms with van der Waals surface area (Å²) in [4.78, 5) is 48.7. The summed E-state index contributed by atoms with van der Waals surface area (Å²) in [5, 5.41) is 10.7. The Balaban J connectivity index is 1.78. The topological polar surface area (TPSA) is 104 Å². The van der Waals surface area contributed by atoms with Crippen LogP contribution in [0.5, 0.6) is 0 Å². The van der Waals surface area contributed by atoms with Crippen molar-refractivity contribution in [1.82, 2.24) is 10.2 Å². The summed E-state index contributed by atoms with van der Waals surface area (Å²) in [7, 11) is 0. The zero-order valence-corrected chi connectivity index (χ0v) is 16.0. The number of alkyl halides is 3. The molecule has 10 heteroatoms. The number of benzene rings is 1. The van der Waals surface area contributed by atoms with Crippen LogP contribution in [0.1, 0.15) is 48.3 Å². The third kappa shape index (κ3) is 4.63. The maximum absolute atomic E-state index is 13.3. The molecule has 2 N–H and O–H groups in total. The van der Waals surface area contributed by atoms with E-state index in [9.17, 15) is 32.3 Å². The van der Waals surface area contributed by atoms with E-state index in [1.54, 1.807) is 0 Å². The van der Waals surface area contributed by atoms with Gasteiger partial charge in [-0.2, -0.15) is 13.2 Å². The molecule has 0 aromatic heterocycles. The predicted octanol–water partition coefficient (Wildman–Crippen LogP) is 2.09. The first kappa shape index (κ1) is 21.8. The van der Waals surface area contributed by atoms with Gasteiger partial charge in [0, 0.05) is 19.5 Å². The highest BCUT2D eigenvalue weighted by molar-refractivity contribution is 6.19. The Morgan fingerprint density at radius 3 is 2.47 bits per heavy atom. The molecule has 162 valence electrons. The molecular formula is C20H21F3N2O5. The quantitative estimate of drug-likeness (QED) is 0.678. The van der Waals surface area contributed by atoms with Crippen molar-refractivity contribution in [2.75, 3.05) is 13.1 Å². The Morgan fingerprint density at radius 2 is 1.90 bits per heavy atom. The Hall–Kier alpha value is -2.91. The van der Waals surface area contributed by atoms with E-state index in [0.29, 0.717) is 18.4 Å². The van der Waals surface area contributed by atoms with Crippen LogP contribution in [0, 0.1) is 5.92 Å². The molecule has 1 saturated carbocycles. The molecule has 2 amide bonds. The van der Waals surface area contributed by atoms with Crippen molar-refractivity contribution in [3.05, 3.63) is 34.9 Å². The van der Waals surface area contributed by atoms with E-state index in [0.717, 1.165) is 12.5 Å². The SMILES string of the molecule is O=C(O)CNC(=O)C1C(=O)CCN(Cc2ccc(C(F)(F)F)c(C3CCC3)c2)C1=O. The Kier molecular flexibility index (Phi) is 6.14. The molecule has 1 aromatic rings. The van der Waals surface area contributed by atoms with Gasteiger partial charge in [-0.3, -0.25) is 19.2 Å². The van der Waals surface area contributed by atoms with Crippen LogP contribution in [-0.4, -0.2) is 46.7 Å². The van der Waals surface area contributed by atoms with Crippen molar-refractivity contribution in [1.29, 1.82) is 0 Å². The van der Waals surface area contributed by atoms with E-state index in [4.69, 9.17) is 5.11 Å². The zero-order valence-electron chi connectivity index (χ0n) is 16.0. The van der Waals surface area contributed by atoms with Crippen molar-refractivity contribution in [2.24, 2.45) is 5.92 Å². The molecule has 1 unspecified atom stereocenters. The van der Waals surface area contributed by atoms with E-state index < -0.39 is 47.8 Å². The lowest BCUT2D eigenvalue weighted by Crippen LogP contribution is -2.52. The van der Waals surface area contributed by atoms with Gasteiger partial charge in [-0.05, 0) is 36.0 Å². The van der Waals surface area contributed by atoms with Crippen LogP contribution in [0.4, 0.5) is 13.2 Å². The van der Waals surface area contributed by atoms with Crippen LogP contribution in [0.25, 0.3) is 0 Å². The largest absolute Gasteiger partial charge is 0.480 e. The monoisotopic (exact) mass is 426 g/mol. The van der Waals surface area contributed by atoms with Gasteiger partial charge in [0.25, 0.3) is 0 Å². The first-order valence-corrected chi connectivity index (χ1v) is 9.59. The molecule has 1 heterocycles. The first-order valence-electron chi connectivity index (χ1n) is 9.59. The highest BCUT2D eigenvalue weighted by Crippen LogP contribution is 2.43. The lowest BCUT2D eigenvalue weighted by molar-refractivity contribution is -0.152. The molecule has 7 nitrogen and oxygen atoms in total. The predicted molar refractivity (Wildman–Crippen MR) is 97.2 cm³/mol. The normalized spacial score (nSPS) is 20.1. The highest BCUT2D eigenvalue weighted by atomic mass is 19.4. The maximum atomic E-state index is 13.3. The number of rotatable bonds is 6. The average molecular weight is 426 g/mol. The molecule has 0 spiro atoms. The van der Waals surface area contributed by atoms with Gasteiger partial charge in [-0.15, -0.1) is 0 Å². The number of carbonyl (C=O) groups is 4. The summed E-state index contributed by atoms with van der Waals surface area (Å²) in [6.07, 6.45) is -2.34. The molecule has 2 fully saturated rings. The second-order valence-electron chi connectivity index (χ2n) is 7.57. The molecule has 0 radical (unpaired) electrons. The summed E-state index contributed by atoms with van der Waals surface area (Å²) < 4.78 is 40.0. The standard InChI is InChI=1S/C20H21F3N2O5/c21-20(22,23)14-5-4-11(8-13(14)12-2-1-3-12)10-25-7-6-15(26)17(19(25)30)18(29)24-9-16(27)28/h4-5,8,12,17H,1-3,6-7,9-10H2,(H,24,29)(H,27,28). The number of carboxylic acids is 1. The number of hydrogen-bond donors (Lipinski definition) is 2. The minimum atomic E-state index is -4.47. The fourth-order valence-electron chi connectivity index (χ4n) is 3.75. The number of carbonyl (C=O) groups excluding carboxylic acids is 3. The number of aliphatic carboxylic acids is 1. The average Bonchev–Trinajstić information content (AvgIpc) is 2.60. The maximum Gasteiger partial charge on any atom is 0.416 e. The lowest BCUT2D eigenvalue weighted by atomic mass is 9.77. The number of Topliss-reactive ketones (excluding diaryl/α,β-unsaturated/α-hetero) is 1. The van der Waals surface area contributed by atoms with E-state index >= 15 is 0 Å². The van der Waals surface area contributed by atoms with Gasteiger partial charge >= 0.3 is 12.1 Å². The zero-order chi connectivity index (χ0) is 22.1. The molecule has 1 aliphatic heterocycles. The van der Waals surface area contributed by atoms with Crippen LogP contribution in [0.15, 0.2) is 18.2 Å².